The molecular weight excluding hydrogens is 196 g/mol. The summed E-state index contributed by atoms with van der Waals surface area (Å²) in [7, 11) is 0. The Morgan fingerprint density at radius 2 is 2.00 bits per heavy atom. The van der Waals surface area contributed by atoms with Crippen LogP contribution in [0.2, 0.25) is 0 Å². The first kappa shape index (κ1) is 11.6. The molecule has 0 fully saturated rings. The van der Waals surface area contributed by atoms with Gasteiger partial charge in [0.1, 0.15) is 0 Å². The Morgan fingerprint density at radius 3 is 2.60 bits per heavy atom. The Balaban J connectivity index is 2.02. The Hall–Kier alpha value is -1.52. The van der Waals surface area contributed by atoms with Gasteiger partial charge in [-0.1, -0.05) is 12.8 Å². The number of hydrogen-bond acceptors (Lipinski definition) is 2. The maximum Gasteiger partial charge on any atom is 0.323 e. The number of hydrogen-bond donors (Lipinski definition) is 3. The topological polar surface area (TPSA) is 85.9 Å². The lowest BCUT2D eigenvalue weighted by molar-refractivity contribution is -0.137. The van der Waals surface area contributed by atoms with E-state index < -0.39 is 5.97 Å². The first-order chi connectivity index (χ1) is 7.18. The third-order valence-corrected chi connectivity index (χ3v) is 2.24. The monoisotopic (exact) mass is 212 g/mol. The summed E-state index contributed by atoms with van der Waals surface area (Å²) in [5.74, 6) is -0.732. The molecule has 15 heavy (non-hydrogen) atoms. The molecule has 0 aliphatic rings. The van der Waals surface area contributed by atoms with E-state index in [2.05, 4.69) is 9.97 Å². The van der Waals surface area contributed by atoms with Crippen molar-refractivity contribution in [2.45, 2.75) is 38.5 Å². The van der Waals surface area contributed by atoms with Crippen molar-refractivity contribution in [3.63, 3.8) is 0 Å². The molecule has 0 spiro atoms. The van der Waals surface area contributed by atoms with Gasteiger partial charge < -0.3 is 15.1 Å². The zero-order valence-electron chi connectivity index (χ0n) is 8.58. The number of carboxylic acids is 1. The van der Waals surface area contributed by atoms with Gasteiger partial charge in [0.2, 0.25) is 0 Å². The summed E-state index contributed by atoms with van der Waals surface area (Å²) in [6, 6.07) is 0. The van der Waals surface area contributed by atoms with Crippen molar-refractivity contribution in [1.29, 1.82) is 0 Å². The molecule has 5 heteroatoms. The van der Waals surface area contributed by atoms with Crippen molar-refractivity contribution >= 4 is 5.97 Å². The summed E-state index contributed by atoms with van der Waals surface area (Å²) < 4.78 is 0. The molecule has 1 heterocycles. The van der Waals surface area contributed by atoms with Crippen molar-refractivity contribution in [3.8, 4) is 0 Å². The standard InChI is InChI=1S/C10H16N2O3/c13-9(14)6-4-2-1-3-5-8-7-11-10(15)12-8/h7H,1-6H2,(H,13,14)(H2,11,12,15). The van der Waals surface area contributed by atoms with Gasteiger partial charge in [0.15, 0.2) is 0 Å². The number of nitrogens with one attached hydrogen (secondary N) is 2. The molecule has 1 aromatic rings. The Labute approximate surface area is 87.5 Å². The molecule has 84 valence electrons. The van der Waals surface area contributed by atoms with Crippen molar-refractivity contribution in [2.24, 2.45) is 0 Å². The Morgan fingerprint density at radius 1 is 1.27 bits per heavy atom. The molecule has 5 nitrogen and oxygen atoms in total. The number of imidazole rings is 1. The molecule has 0 unspecified atom stereocenters. The van der Waals surface area contributed by atoms with Crippen LogP contribution in [0.4, 0.5) is 0 Å². The largest absolute Gasteiger partial charge is 0.481 e. The van der Waals surface area contributed by atoms with Gasteiger partial charge in [-0.15, -0.1) is 0 Å². The van der Waals surface area contributed by atoms with Gasteiger partial charge in [-0.3, -0.25) is 4.79 Å². The van der Waals surface area contributed by atoms with Crippen LogP contribution in [-0.2, 0) is 11.2 Å². The number of carbonyl (C=O) groups is 1. The second kappa shape index (κ2) is 6.06. The van der Waals surface area contributed by atoms with Gasteiger partial charge >= 0.3 is 11.7 Å². The molecule has 1 rings (SSSR count). The smallest absolute Gasteiger partial charge is 0.323 e. The lowest BCUT2D eigenvalue weighted by Crippen LogP contribution is -2.01. The SMILES string of the molecule is O=C(O)CCCCCCc1c[nH]c(=O)[nH]1. The van der Waals surface area contributed by atoms with Crippen LogP contribution >= 0.6 is 0 Å². The van der Waals surface area contributed by atoms with Gasteiger partial charge in [0.25, 0.3) is 0 Å². The minimum Gasteiger partial charge on any atom is -0.481 e. The average Bonchev–Trinajstić information content (AvgIpc) is 2.57. The molecule has 0 aliphatic heterocycles. The van der Waals surface area contributed by atoms with Crippen molar-refractivity contribution in [3.05, 3.63) is 22.4 Å². The van der Waals surface area contributed by atoms with E-state index in [1.807, 2.05) is 0 Å². The number of carboxylic acid groups (broad SMARTS) is 1. The van der Waals surface area contributed by atoms with E-state index in [1.54, 1.807) is 6.20 Å². The second-order valence-electron chi connectivity index (χ2n) is 3.58. The molecule has 0 aliphatic carbocycles. The molecule has 0 saturated carbocycles. The molecule has 0 radical (unpaired) electrons. The number of rotatable bonds is 7. The molecule has 0 atom stereocenters. The first-order valence-corrected chi connectivity index (χ1v) is 5.17. The van der Waals surface area contributed by atoms with E-state index in [4.69, 9.17) is 5.11 Å². The van der Waals surface area contributed by atoms with Crippen LogP contribution in [0, 0.1) is 0 Å². The highest BCUT2D eigenvalue weighted by molar-refractivity contribution is 5.66. The van der Waals surface area contributed by atoms with E-state index in [-0.39, 0.29) is 12.1 Å². The highest BCUT2D eigenvalue weighted by Gasteiger charge is 1.98. The molecular formula is C10H16N2O3. The minimum atomic E-state index is -0.732. The van der Waals surface area contributed by atoms with Crippen LogP contribution in [0.3, 0.4) is 0 Å². The van der Waals surface area contributed by atoms with Gasteiger partial charge in [0.05, 0.1) is 0 Å². The van der Waals surface area contributed by atoms with Crippen LogP contribution in [0.25, 0.3) is 0 Å². The lowest BCUT2D eigenvalue weighted by atomic mass is 10.1. The summed E-state index contributed by atoms with van der Waals surface area (Å²) in [5.41, 5.74) is 0.745. The number of aliphatic carboxylic acids is 1. The zero-order chi connectivity index (χ0) is 11.1. The van der Waals surface area contributed by atoms with E-state index >= 15 is 0 Å². The van der Waals surface area contributed by atoms with Crippen molar-refractivity contribution in [2.75, 3.05) is 0 Å². The molecule has 0 saturated heterocycles. The summed E-state index contributed by atoms with van der Waals surface area (Å²) in [5, 5.41) is 8.41. The zero-order valence-corrected chi connectivity index (χ0v) is 8.58. The van der Waals surface area contributed by atoms with Gasteiger partial charge in [-0.25, -0.2) is 4.79 Å². The number of unbranched alkanes of at least 4 members (excludes halogenated alkanes) is 3. The van der Waals surface area contributed by atoms with E-state index in [1.165, 1.54) is 0 Å². The maximum absolute atomic E-state index is 10.7. The molecule has 3 N–H and O–H groups in total. The quantitative estimate of drug-likeness (QED) is 0.595. The molecule has 1 aromatic heterocycles. The van der Waals surface area contributed by atoms with Crippen molar-refractivity contribution < 1.29 is 9.90 Å². The molecule has 0 amide bonds. The van der Waals surface area contributed by atoms with E-state index in [0.717, 1.165) is 37.8 Å². The van der Waals surface area contributed by atoms with E-state index in [9.17, 15) is 9.59 Å². The molecule has 0 bridgehead atoms. The fourth-order valence-electron chi connectivity index (χ4n) is 1.45. The third kappa shape index (κ3) is 5.05. The lowest BCUT2D eigenvalue weighted by Gasteiger charge is -1.98. The normalized spacial score (nSPS) is 10.4. The molecule has 0 aromatic carbocycles. The van der Waals surface area contributed by atoms with Crippen LogP contribution < -0.4 is 5.69 Å². The van der Waals surface area contributed by atoms with E-state index in [0.29, 0.717) is 0 Å². The van der Waals surface area contributed by atoms with Crippen LogP contribution in [-0.4, -0.2) is 21.0 Å². The number of aromatic nitrogens is 2. The summed E-state index contributed by atoms with van der Waals surface area (Å²) in [4.78, 5) is 26.2. The highest BCUT2D eigenvalue weighted by atomic mass is 16.4. The summed E-state index contributed by atoms with van der Waals surface area (Å²) in [6.45, 7) is 0. The minimum absolute atomic E-state index is 0.170. The summed E-state index contributed by atoms with van der Waals surface area (Å²) in [6.07, 6.45) is 6.42. The van der Waals surface area contributed by atoms with Gasteiger partial charge in [0, 0.05) is 18.3 Å². The van der Waals surface area contributed by atoms with Gasteiger partial charge in [-0.2, -0.15) is 0 Å². The third-order valence-electron chi connectivity index (χ3n) is 2.24. The number of aryl methyl sites for hydroxylation is 1. The second-order valence-corrected chi connectivity index (χ2v) is 3.58. The predicted octanol–water partition coefficient (Wildman–Crippen LogP) is 1.28. The highest BCUT2D eigenvalue weighted by Crippen LogP contribution is 2.06. The van der Waals surface area contributed by atoms with Gasteiger partial charge in [-0.05, 0) is 19.3 Å². The Kier molecular flexibility index (Phi) is 4.66. The predicted molar refractivity (Wildman–Crippen MR) is 55.8 cm³/mol. The fraction of sp³-hybridized carbons (Fsp3) is 0.600. The van der Waals surface area contributed by atoms with Crippen LogP contribution in [0.15, 0.2) is 11.0 Å². The fourth-order valence-corrected chi connectivity index (χ4v) is 1.45. The maximum atomic E-state index is 10.7. The summed E-state index contributed by atoms with van der Waals surface area (Å²) >= 11 is 0. The first-order valence-electron chi connectivity index (χ1n) is 5.17. The number of H-pyrrole nitrogens is 2. The Bertz CT molecular complexity index is 354. The number of aromatic amines is 2. The van der Waals surface area contributed by atoms with Crippen LogP contribution in [0.1, 0.15) is 37.8 Å². The average molecular weight is 212 g/mol. The van der Waals surface area contributed by atoms with Crippen LogP contribution in [0.5, 0.6) is 0 Å². The van der Waals surface area contributed by atoms with Crippen molar-refractivity contribution in [1.82, 2.24) is 9.97 Å².